The molecule has 2 aromatic rings. The molecule has 0 amide bonds. The van der Waals surface area contributed by atoms with Crippen molar-refractivity contribution in [1.82, 2.24) is 15.2 Å². The second kappa shape index (κ2) is 5.56. The maximum Gasteiger partial charge on any atom is 0.267 e. The Hall–Kier alpha value is -2.36. The fraction of sp³-hybridized carbons (Fsp3) is 0.273. The zero-order valence-corrected chi connectivity index (χ0v) is 12.3. The average molecular weight is 316 g/mol. The summed E-state index contributed by atoms with van der Waals surface area (Å²) in [5.74, 6) is -0.567. The van der Waals surface area contributed by atoms with E-state index in [-0.39, 0.29) is 17.4 Å². The van der Waals surface area contributed by atoms with E-state index < -0.39 is 20.7 Å². The van der Waals surface area contributed by atoms with Crippen LogP contribution in [0.15, 0.2) is 17.0 Å². The number of hydrogen-bond donors (Lipinski definition) is 2. The lowest BCUT2D eigenvalue weighted by molar-refractivity contribution is 0.350. The maximum absolute atomic E-state index is 14.0. The highest BCUT2D eigenvalue weighted by molar-refractivity contribution is 7.92. The number of nitrogens with zero attached hydrogens (tertiary/aromatic N) is 2. The van der Waals surface area contributed by atoms with Crippen LogP contribution in [0.4, 0.5) is 10.3 Å². The monoisotopic (exact) mass is 316 g/mol. The van der Waals surface area contributed by atoms with Crippen LogP contribution in [-0.2, 0) is 10.0 Å². The maximum atomic E-state index is 14.0. The lowest BCUT2D eigenvalue weighted by Crippen LogP contribution is -2.16. The van der Waals surface area contributed by atoms with Gasteiger partial charge < -0.3 is 9.47 Å². The summed E-state index contributed by atoms with van der Waals surface area (Å²) >= 11 is 0. The Morgan fingerprint density at radius 2 is 1.86 bits per heavy atom. The molecule has 0 unspecified atom stereocenters. The Kier molecular flexibility index (Phi) is 3.98. The molecule has 0 radical (unpaired) electrons. The van der Waals surface area contributed by atoms with E-state index in [4.69, 9.17) is 9.47 Å². The number of benzene rings is 1. The van der Waals surface area contributed by atoms with Gasteiger partial charge in [-0.3, -0.25) is 5.10 Å². The molecule has 0 aliphatic heterocycles. The first-order valence-electron chi connectivity index (χ1n) is 5.70. The summed E-state index contributed by atoms with van der Waals surface area (Å²) in [5, 5.41) is 6.10. The van der Waals surface area contributed by atoms with Crippen LogP contribution < -0.4 is 14.2 Å². The lowest BCUT2D eigenvalue weighted by Gasteiger charge is -2.11. The molecular weight excluding hydrogens is 303 g/mol. The molecule has 0 bridgehead atoms. The number of anilines is 1. The number of H-pyrrole nitrogens is 1. The van der Waals surface area contributed by atoms with Gasteiger partial charge in [-0.15, -0.1) is 5.10 Å². The number of aryl methyl sites for hydroxylation is 1. The molecule has 0 saturated heterocycles. The fourth-order valence-electron chi connectivity index (χ4n) is 1.60. The number of sulfonamides is 1. The zero-order valence-electron chi connectivity index (χ0n) is 11.5. The van der Waals surface area contributed by atoms with Crippen molar-refractivity contribution in [3.63, 3.8) is 0 Å². The fourth-order valence-corrected chi connectivity index (χ4v) is 2.62. The molecular formula is C11H13FN4O4S. The Bertz CT molecular complexity index is 760. The van der Waals surface area contributed by atoms with Gasteiger partial charge in [0.05, 0.1) is 14.2 Å². The molecule has 0 aliphatic carbocycles. The molecule has 1 heterocycles. The normalized spacial score (nSPS) is 11.2. The number of hydrogen-bond acceptors (Lipinski definition) is 6. The summed E-state index contributed by atoms with van der Waals surface area (Å²) < 4.78 is 50.2. The standard InChI is InChI=1S/C11H13FN4O4S/c1-6-13-11(15-14-6)16-21(17,18)10-5-9(20-3)8(19-2)4-7(10)12/h4-5H,1-3H3,(H2,13,14,15,16). The molecule has 10 heteroatoms. The van der Waals surface area contributed by atoms with Crippen LogP contribution in [0.5, 0.6) is 11.5 Å². The number of methoxy groups -OCH3 is 2. The van der Waals surface area contributed by atoms with Crippen LogP contribution in [0.3, 0.4) is 0 Å². The predicted octanol–water partition coefficient (Wildman–Crippen LogP) is 1.07. The number of halogens is 1. The van der Waals surface area contributed by atoms with Gasteiger partial charge in [-0.25, -0.2) is 17.5 Å². The minimum Gasteiger partial charge on any atom is -0.493 e. The first-order valence-corrected chi connectivity index (χ1v) is 7.19. The van der Waals surface area contributed by atoms with Crippen molar-refractivity contribution in [2.45, 2.75) is 11.8 Å². The third-order valence-electron chi connectivity index (χ3n) is 2.55. The topological polar surface area (TPSA) is 106 Å². The molecule has 0 atom stereocenters. The van der Waals surface area contributed by atoms with Crippen molar-refractivity contribution in [3.8, 4) is 11.5 Å². The van der Waals surface area contributed by atoms with Gasteiger partial charge in [0.1, 0.15) is 16.5 Å². The highest BCUT2D eigenvalue weighted by Crippen LogP contribution is 2.32. The zero-order chi connectivity index (χ0) is 15.6. The molecule has 21 heavy (non-hydrogen) atoms. The quantitative estimate of drug-likeness (QED) is 0.854. The van der Waals surface area contributed by atoms with Gasteiger partial charge >= 0.3 is 0 Å². The molecule has 1 aromatic carbocycles. The largest absolute Gasteiger partial charge is 0.493 e. The van der Waals surface area contributed by atoms with Gasteiger partial charge in [0.15, 0.2) is 11.5 Å². The molecule has 2 rings (SSSR count). The molecule has 1 aromatic heterocycles. The molecule has 8 nitrogen and oxygen atoms in total. The minimum atomic E-state index is -4.19. The summed E-state index contributed by atoms with van der Waals surface area (Å²) in [4.78, 5) is 3.20. The van der Waals surface area contributed by atoms with E-state index in [2.05, 4.69) is 19.9 Å². The summed E-state index contributed by atoms with van der Waals surface area (Å²) in [6.07, 6.45) is 0. The Morgan fingerprint density at radius 3 is 2.38 bits per heavy atom. The van der Waals surface area contributed by atoms with Gasteiger partial charge in [-0.05, 0) is 6.92 Å². The lowest BCUT2D eigenvalue weighted by atomic mass is 10.3. The molecule has 0 fully saturated rings. The molecule has 2 N–H and O–H groups in total. The highest BCUT2D eigenvalue weighted by Gasteiger charge is 2.24. The van der Waals surface area contributed by atoms with E-state index in [1.807, 2.05) is 0 Å². The van der Waals surface area contributed by atoms with Gasteiger partial charge in [-0.1, -0.05) is 0 Å². The minimum absolute atomic E-state index is 0.0858. The number of nitrogens with one attached hydrogen (secondary N) is 2. The van der Waals surface area contributed by atoms with Crippen LogP contribution in [0.25, 0.3) is 0 Å². The highest BCUT2D eigenvalue weighted by atomic mass is 32.2. The van der Waals surface area contributed by atoms with Crippen LogP contribution in [0.2, 0.25) is 0 Å². The van der Waals surface area contributed by atoms with Crippen molar-refractivity contribution in [3.05, 3.63) is 23.8 Å². The van der Waals surface area contributed by atoms with E-state index in [0.29, 0.717) is 5.82 Å². The predicted molar refractivity (Wildman–Crippen MR) is 71.4 cm³/mol. The van der Waals surface area contributed by atoms with E-state index in [1.54, 1.807) is 6.92 Å². The van der Waals surface area contributed by atoms with Crippen molar-refractivity contribution in [2.75, 3.05) is 18.9 Å². The second-order valence-corrected chi connectivity index (χ2v) is 5.64. The summed E-state index contributed by atoms with van der Waals surface area (Å²) in [5.41, 5.74) is 0. The molecule has 0 aliphatic rings. The first-order chi connectivity index (χ1) is 9.87. The SMILES string of the molecule is COc1cc(F)c(S(=O)(=O)Nc2n[nH]c(C)n2)cc1OC. The second-order valence-electron chi connectivity index (χ2n) is 3.99. The average Bonchev–Trinajstić information content (AvgIpc) is 2.82. The van der Waals surface area contributed by atoms with Crippen molar-refractivity contribution in [2.24, 2.45) is 0 Å². The third-order valence-corrected chi connectivity index (χ3v) is 3.89. The van der Waals surface area contributed by atoms with Gasteiger partial charge in [0, 0.05) is 12.1 Å². The van der Waals surface area contributed by atoms with Gasteiger partial charge in [0.2, 0.25) is 0 Å². The van der Waals surface area contributed by atoms with Crippen LogP contribution in [0.1, 0.15) is 5.82 Å². The Balaban J connectivity index is 2.44. The van der Waals surface area contributed by atoms with Gasteiger partial charge in [-0.2, -0.15) is 4.98 Å². The number of rotatable bonds is 5. The summed E-state index contributed by atoms with van der Waals surface area (Å²) in [6, 6.07) is 1.95. The summed E-state index contributed by atoms with van der Waals surface area (Å²) in [6.45, 7) is 1.60. The number of aromatic amines is 1. The smallest absolute Gasteiger partial charge is 0.267 e. The molecule has 114 valence electrons. The third kappa shape index (κ3) is 3.05. The van der Waals surface area contributed by atoms with E-state index in [0.717, 1.165) is 12.1 Å². The first kappa shape index (κ1) is 15.0. The van der Waals surface area contributed by atoms with E-state index >= 15 is 0 Å². The number of aromatic nitrogens is 3. The van der Waals surface area contributed by atoms with Crippen LogP contribution >= 0.6 is 0 Å². The van der Waals surface area contributed by atoms with Gasteiger partial charge in [0.25, 0.3) is 16.0 Å². The Morgan fingerprint density at radius 1 is 1.24 bits per heavy atom. The Labute approximate surface area is 120 Å². The molecule has 0 spiro atoms. The summed E-state index contributed by atoms with van der Waals surface area (Å²) in [7, 11) is -1.56. The van der Waals surface area contributed by atoms with Crippen molar-refractivity contribution < 1.29 is 22.3 Å². The number of ether oxygens (including phenoxy) is 2. The van der Waals surface area contributed by atoms with Crippen LogP contribution in [0, 0.1) is 12.7 Å². The van der Waals surface area contributed by atoms with Crippen molar-refractivity contribution in [1.29, 1.82) is 0 Å². The van der Waals surface area contributed by atoms with Crippen molar-refractivity contribution >= 4 is 16.0 Å². The van der Waals surface area contributed by atoms with E-state index in [1.165, 1.54) is 14.2 Å². The molecule has 0 saturated carbocycles. The van der Waals surface area contributed by atoms with Crippen LogP contribution in [-0.4, -0.2) is 37.8 Å². The van der Waals surface area contributed by atoms with E-state index in [9.17, 15) is 12.8 Å².